The number of carboxylic acids is 1. The summed E-state index contributed by atoms with van der Waals surface area (Å²) < 4.78 is 0. The fourth-order valence-corrected chi connectivity index (χ4v) is 2.81. The second kappa shape index (κ2) is 5.28. The molecule has 2 fully saturated rings. The zero-order chi connectivity index (χ0) is 14.2. The summed E-state index contributed by atoms with van der Waals surface area (Å²) in [5, 5.41) is 8.69. The molecular formula is C13H20N2O4. The zero-order valence-corrected chi connectivity index (χ0v) is 11.3. The van der Waals surface area contributed by atoms with Gasteiger partial charge in [-0.05, 0) is 19.3 Å². The second-order valence-corrected chi connectivity index (χ2v) is 5.50. The van der Waals surface area contributed by atoms with Crippen LogP contribution in [0.4, 0.5) is 0 Å². The molecule has 2 amide bonds. The molecule has 0 aromatic rings. The third kappa shape index (κ3) is 2.63. The monoisotopic (exact) mass is 268 g/mol. The Balaban J connectivity index is 1.92. The highest BCUT2D eigenvalue weighted by atomic mass is 16.4. The van der Waals surface area contributed by atoms with Crippen LogP contribution in [0.3, 0.4) is 0 Å². The van der Waals surface area contributed by atoms with Crippen molar-refractivity contribution in [1.82, 2.24) is 9.80 Å². The average molecular weight is 268 g/mol. The van der Waals surface area contributed by atoms with Gasteiger partial charge in [-0.15, -0.1) is 0 Å². The van der Waals surface area contributed by atoms with Gasteiger partial charge in [0, 0.05) is 19.1 Å². The lowest BCUT2D eigenvalue weighted by molar-refractivity contribution is -0.143. The van der Waals surface area contributed by atoms with Crippen molar-refractivity contribution in [3.05, 3.63) is 0 Å². The maximum Gasteiger partial charge on any atom is 0.303 e. The van der Waals surface area contributed by atoms with Crippen LogP contribution in [0.25, 0.3) is 0 Å². The molecular weight excluding hydrogens is 248 g/mol. The Morgan fingerprint density at radius 2 is 2.05 bits per heavy atom. The molecule has 0 saturated carbocycles. The summed E-state index contributed by atoms with van der Waals surface area (Å²) in [5.74, 6) is -0.920. The number of carboxylic acid groups (broad SMARTS) is 1. The molecule has 2 aliphatic rings. The Labute approximate surface area is 112 Å². The van der Waals surface area contributed by atoms with Gasteiger partial charge in [-0.3, -0.25) is 24.2 Å². The van der Waals surface area contributed by atoms with E-state index in [0.29, 0.717) is 13.1 Å². The van der Waals surface area contributed by atoms with Crippen LogP contribution in [-0.4, -0.2) is 57.9 Å². The van der Waals surface area contributed by atoms with Crippen molar-refractivity contribution in [3.8, 4) is 0 Å². The first kappa shape index (κ1) is 14.0. The van der Waals surface area contributed by atoms with Gasteiger partial charge in [0.1, 0.15) is 0 Å². The summed E-state index contributed by atoms with van der Waals surface area (Å²) in [6.07, 6.45) is 1.13. The minimum atomic E-state index is -0.806. The lowest BCUT2D eigenvalue weighted by Gasteiger charge is -2.41. The van der Waals surface area contributed by atoms with Gasteiger partial charge in [0.15, 0.2) is 0 Å². The number of carbonyl (C=O) groups is 3. The van der Waals surface area contributed by atoms with Crippen LogP contribution >= 0.6 is 0 Å². The van der Waals surface area contributed by atoms with E-state index in [2.05, 4.69) is 0 Å². The van der Waals surface area contributed by atoms with Crippen molar-refractivity contribution in [2.75, 3.05) is 13.1 Å². The molecule has 19 heavy (non-hydrogen) atoms. The molecule has 2 aliphatic heterocycles. The van der Waals surface area contributed by atoms with Crippen molar-refractivity contribution in [3.63, 3.8) is 0 Å². The van der Waals surface area contributed by atoms with Crippen LogP contribution in [0.2, 0.25) is 0 Å². The number of rotatable bonds is 5. The molecule has 2 rings (SSSR count). The molecule has 0 spiro atoms. The topological polar surface area (TPSA) is 77.9 Å². The SMILES string of the molecule is CCC(C)N1C(=O)CC(N2CC(CC(=O)O)C2)C1=O. The van der Waals surface area contributed by atoms with Crippen LogP contribution < -0.4 is 0 Å². The van der Waals surface area contributed by atoms with Crippen LogP contribution in [0.1, 0.15) is 33.1 Å². The summed E-state index contributed by atoms with van der Waals surface area (Å²) in [6.45, 7) is 5.03. The van der Waals surface area contributed by atoms with E-state index in [1.807, 2.05) is 18.7 Å². The van der Waals surface area contributed by atoms with Gasteiger partial charge in [0.2, 0.25) is 11.8 Å². The molecule has 2 atom stereocenters. The lowest BCUT2D eigenvalue weighted by Crippen LogP contribution is -2.55. The quantitative estimate of drug-likeness (QED) is 0.726. The van der Waals surface area contributed by atoms with E-state index in [-0.39, 0.29) is 42.7 Å². The molecule has 2 heterocycles. The predicted molar refractivity (Wildman–Crippen MR) is 67.3 cm³/mol. The van der Waals surface area contributed by atoms with Crippen LogP contribution in [0.15, 0.2) is 0 Å². The number of likely N-dealkylation sites (tertiary alicyclic amines) is 2. The Morgan fingerprint density at radius 1 is 1.42 bits per heavy atom. The molecule has 0 aliphatic carbocycles. The predicted octanol–water partition coefficient (Wildman–Crippen LogP) is 0.319. The van der Waals surface area contributed by atoms with Crippen molar-refractivity contribution >= 4 is 17.8 Å². The lowest BCUT2D eigenvalue weighted by atomic mass is 9.94. The third-order valence-corrected chi connectivity index (χ3v) is 4.08. The Kier molecular flexibility index (Phi) is 3.89. The first-order valence-corrected chi connectivity index (χ1v) is 6.75. The van der Waals surface area contributed by atoms with E-state index in [4.69, 9.17) is 5.11 Å². The van der Waals surface area contributed by atoms with E-state index in [1.165, 1.54) is 4.90 Å². The van der Waals surface area contributed by atoms with E-state index in [0.717, 1.165) is 6.42 Å². The molecule has 1 N–H and O–H groups in total. The fourth-order valence-electron chi connectivity index (χ4n) is 2.81. The Hall–Kier alpha value is -1.43. The molecule has 0 radical (unpaired) electrons. The van der Waals surface area contributed by atoms with Crippen LogP contribution in [0.5, 0.6) is 0 Å². The minimum Gasteiger partial charge on any atom is -0.481 e. The van der Waals surface area contributed by atoms with Crippen molar-refractivity contribution < 1.29 is 19.5 Å². The third-order valence-electron chi connectivity index (χ3n) is 4.08. The summed E-state index contributed by atoms with van der Waals surface area (Å²) >= 11 is 0. The van der Waals surface area contributed by atoms with Crippen LogP contribution in [-0.2, 0) is 14.4 Å². The van der Waals surface area contributed by atoms with Gasteiger partial charge in [0.05, 0.1) is 18.9 Å². The average Bonchev–Trinajstić information content (AvgIpc) is 2.57. The number of nitrogens with zero attached hydrogens (tertiary/aromatic N) is 2. The normalized spacial score (nSPS) is 26.6. The number of carbonyl (C=O) groups excluding carboxylic acids is 2. The van der Waals surface area contributed by atoms with Gasteiger partial charge in [0.25, 0.3) is 0 Å². The second-order valence-electron chi connectivity index (χ2n) is 5.50. The van der Waals surface area contributed by atoms with Gasteiger partial charge in [-0.2, -0.15) is 0 Å². The number of imide groups is 1. The highest BCUT2D eigenvalue weighted by Gasteiger charge is 2.46. The van der Waals surface area contributed by atoms with Gasteiger partial charge >= 0.3 is 5.97 Å². The summed E-state index contributed by atoms with van der Waals surface area (Å²) in [4.78, 5) is 38.0. The minimum absolute atomic E-state index is 0.0545. The highest BCUT2D eigenvalue weighted by molar-refractivity contribution is 6.05. The summed E-state index contributed by atoms with van der Waals surface area (Å²) in [6, 6.07) is -0.423. The number of aliphatic carboxylic acids is 1. The zero-order valence-electron chi connectivity index (χ0n) is 11.3. The Morgan fingerprint density at radius 3 is 2.58 bits per heavy atom. The molecule has 2 saturated heterocycles. The summed E-state index contributed by atoms with van der Waals surface area (Å²) in [5.41, 5.74) is 0. The van der Waals surface area contributed by atoms with Crippen molar-refractivity contribution in [2.45, 2.75) is 45.2 Å². The maximum absolute atomic E-state index is 12.2. The summed E-state index contributed by atoms with van der Waals surface area (Å²) in [7, 11) is 0. The Bertz CT molecular complexity index is 403. The molecule has 0 aromatic carbocycles. The van der Waals surface area contributed by atoms with E-state index in [9.17, 15) is 14.4 Å². The van der Waals surface area contributed by atoms with Gasteiger partial charge in [-0.1, -0.05) is 6.92 Å². The van der Waals surface area contributed by atoms with Crippen LogP contribution in [0, 0.1) is 5.92 Å². The number of hydrogen-bond acceptors (Lipinski definition) is 4. The largest absolute Gasteiger partial charge is 0.481 e. The van der Waals surface area contributed by atoms with E-state index >= 15 is 0 Å². The van der Waals surface area contributed by atoms with Gasteiger partial charge in [-0.25, -0.2) is 0 Å². The molecule has 6 heteroatoms. The maximum atomic E-state index is 12.2. The number of amides is 2. The van der Waals surface area contributed by atoms with Crippen molar-refractivity contribution in [1.29, 1.82) is 0 Å². The van der Waals surface area contributed by atoms with E-state index in [1.54, 1.807) is 0 Å². The number of hydrogen-bond donors (Lipinski definition) is 1. The molecule has 106 valence electrons. The first-order chi connectivity index (χ1) is 8.93. The first-order valence-electron chi connectivity index (χ1n) is 6.75. The highest BCUT2D eigenvalue weighted by Crippen LogP contribution is 2.29. The smallest absolute Gasteiger partial charge is 0.303 e. The molecule has 0 bridgehead atoms. The molecule has 0 aromatic heterocycles. The van der Waals surface area contributed by atoms with Gasteiger partial charge < -0.3 is 5.11 Å². The molecule has 2 unspecified atom stereocenters. The fraction of sp³-hybridized carbons (Fsp3) is 0.769. The van der Waals surface area contributed by atoms with Crippen molar-refractivity contribution in [2.24, 2.45) is 5.92 Å². The van der Waals surface area contributed by atoms with E-state index < -0.39 is 5.97 Å². The molecule has 6 nitrogen and oxygen atoms in total. The standard InChI is InChI=1S/C13H20N2O4/c1-3-8(2)15-11(16)5-10(13(15)19)14-6-9(7-14)4-12(17)18/h8-10H,3-7H2,1-2H3,(H,17,18).